The van der Waals surface area contributed by atoms with E-state index in [0.717, 1.165) is 60.5 Å². The van der Waals surface area contributed by atoms with Crippen molar-refractivity contribution in [3.05, 3.63) is 47.3 Å². The monoisotopic (exact) mass is 437 g/mol. The molecule has 0 amide bonds. The van der Waals surface area contributed by atoms with Crippen molar-refractivity contribution in [3.63, 3.8) is 0 Å². The van der Waals surface area contributed by atoms with E-state index in [2.05, 4.69) is 49.1 Å². The Balaban J connectivity index is 1.90. The van der Waals surface area contributed by atoms with Crippen molar-refractivity contribution >= 4 is 17.7 Å². The van der Waals surface area contributed by atoms with Crippen LogP contribution in [0.1, 0.15) is 76.0 Å². The van der Waals surface area contributed by atoms with Crippen LogP contribution >= 0.6 is 11.8 Å². The molecule has 0 saturated carbocycles. The molecule has 1 aliphatic rings. The zero-order chi connectivity index (χ0) is 22.3. The number of hydrogen-bond acceptors (Lipinski definition) is 5. The van der Waals surface area contributed by atoms with E-state index in [9.17, 15) is 4.79 Å². The largest absolute Gasteiger partial charge is 0.493 e. The molecule has 0 radical (unpaired) electrons. The van der Waals surface area contributed by atoms with E-state index in [-0.39, 0.29) is 11.4 Å². The Morgan fingerprint density at radius 2 is 2.00 bits per heavy atom. The van der Waals surface area contributed by atoms with Gasteiger partial charge in [0.05, 0.1) is 12.8 Å². The Morgan fingerprint density at radius 3 is 2.71 bits per heavy atom. The fraction of sp³-hybridized carbons (Fsp3) is 0.462. The van der Waals surface area contributed by atoms with Crippen LogP contribution < -0.4 is 9.47 Å². The van der Waals surface area contributed by atoms with E-state index in [1.807, 2.05) is 6.92 Å². The van der Waals surface area contributed by atoms with Crippen LogP contribution in [0.25, 0.3) is 0 Å². The molecule has 0 bridgehead atoms. The number of esters is 1. The number of hydrogen-bond donors (Lipinski definition) is 0. The summed E-state index contributed by atoms with van der Waals surface area (Å²) in [5, 5.41) is 0. The summed E-state index contributed by atoms with van der Waals surface area (Å²) in [6, 6.07) is 6.11. The van der Waals surface area contributed by atoms with Crippen molar-refractivity contribution in [1.82, 2.24) is 4.98 Å². The van der Waals surface area contributed by atoms with Crippen molar-refractivity contribution in [2.75, 3.05) is 12.9 Å². The quantitative estimate of drug-likeness (QED) is 0.296. The van der Waals surface area contributed by atoms with Gasteiger partial charge in [-0.2, -0.15) is 0 Å². The van der Waals surface area contributed by atoms with Gasteiger partial charge in [0.2, 0.25) is 0 Å². The summed E-state index contributed by atoms with van der Waals surface area (Å²) in [5.41, 5.74) is 3.13. The predicted octanol–water partition coefficient (Wildman–Crippen LogP) is 6.14. The highest BCUT2D eigenvalue weighted by molar-refractivity contribution is 7.98. The second kappa shape index (κ2) is 10.7. The third-order valence-corrected chi connectivity index (χ3v) is 6.86. The van der Waals surface area contributed by atoms with Gasteiger partial charge in [-0.05, 0) is 50.1 Å². The smallest absolute Gasteiger partial charge is 0.311 e. The second-order valence-electron chi connectivity index (χ2n) is 7.87. The van der Waals surface area contributed by atoms with E-state index < -0.39 is 0 Å². The van der Waals surface area contributed by atoms with Gasteiger partial charge in [0, 0.05) is 39.6 Å². The van der Waals surface area contributed by atoms with E-state index >= 15 is 0 Å². The van der Waals surface area contributed by atoms with Gasteiger partial charge in [0.15, 0.2) is 0 Å². The standard InChI is InChI=1S/C26H31NO3S/c1-5-8-9-25(28)30-21-14-19(17-27-18-21)10-11-20-15-22-23(16-24(20)31-4)29-13-12-26(22,6-2)7-3/h14-18H,5-9,12-13H2,1-4H3. The number of aromatic nitrogens is 1. The number of rotatable bonds is 7. The Labute approximate surface area is 190 Å². The van der Waals surface area contributed by atoms with Crippen LogP contribution in [0.2, 0.25) is 0 Å². The lowest BCUT2D eigenvalue weighted by Crippen LogP contribution is -2.31. The van der Waals surface area contributed by atoms with Gasteiger partial charge >= 0.3 is 5.97 Å². The molecule has 1 aliphatic heterocycles. The van der Waals surface area contributed by atoms with Crippen LogP contribution in [0.3, 0.4) is 0 Å². The molecule has 0 saturated heterocycles. The highest BCUT2D eigenvalue weighted by Crippen LogP contribution is 2.45. The summed E-state index contributed by atoms with van der Waals surface area (Å²) < 4.78 is 11.4. The number of benzene rings is 1. The van der Waals surface area contributed by atoms with Crippen molar-refractivity contribution in [1.29, 1.82) is 0 Å². The molecular weight excluding hydrogens is 406 g/mol. The molecule has 31 heavy (non-hydrogen) atoms. The average molecular weight is 438 g/mol. The number of nitrogens with zero attached hydrogens (tertiary/aromatic N) is 1. The maximum atomic E-state index is 11.9. The van der Waals surface area contributed by atoms with Crippen molar-refractivity contribution in [2.24, 2.45) is 0 Å². The number of fused-ring (bicyclic) bond motifs is 1. The lowest BCUT2D eigenvalue weighted by atomic mass is 9.71. The number of thioether (sulfide) groups is 1. The van der Waals surface area contributed by atoms with Gasteiger partial charge in [0.1, 0.15) is 11.5 Å². The fourth-order valence-electron chi connectivity index (χ4n) is 4.02. The lowest BCUT2D eigenvalue weighted by molar-refractivity contribution is -0.134. The van der Waals surface area contributed by atoms with Crippen LogP contribution in [-0.4, -0.2) is 23.8 Å². The number of carbonyl (C=O) groups excluding carboxylic acids is 1. The van der Waals surface area contributed by atoms with Gasteiger partial charge in [-0.3, -0.25) is 9.78 Å². The molecule has 2 heterocycles. The highest BCUT2D eigenvalue weighted by atomic mass is 32.2. The molecule has 164 valence electrons. The molecule has 5 heteroatoms. The summed E-state index contributed by atoms with van der Waals surface area (Å²) >= 11 is 1.67. The van der Waals surface area contributed by atoms with Gasteiger partial charge in [-0.25, -0.2) is 0 Å². The zero-order valence-electron chi connectivity index (χ0n) is 18.9. The number of unbranched alkanes of at least 4 members (excludes halogenated alkanes) is 1. The number of ether oxygens (including phenoxy) is 2. The molecule has 0 atom stereocenters. The SMILES string of the molecule is CCCCC(=O)Oc1cncc(C#Cc2cc3c(cc2SC)OCCC3(CC)CC)c1. The van der Waals surface area contributed by atoms with Crippen LogP contribution in [0, 0.1) is 11.8 Å². The van der Waals surface area contributed by atoms with E-state index in [1.54, 1.807) is 30.2 Å². The van der Waals surface area contributed by atoms with Crippen molar-refractivity contribution in [3.8, 4) is 23.3 Å². The molecule has 0 fully saturated rings. The molecule has 0 spiro atoms. The van der Waals surface area contributed by atoms with Crippen LogP contribution in [0.5, 0.6) is 11.5 Å². The first-order chi connectivity index (χ1) is 15.0. The first-order valence-electron chi connectivity index (χ1n) is 11.1. The van der Waals surface area contributed by atoms with E-state index in [1.165, 1.54) is 5.56 Å². The lowest BCUT2D eigenvalue weighted by Gasteiger charge is -2.38. The Hall–Kier alpha value is -2.45. The summed E-state index contributed by atoms with van der Waals surface area (Å²) in [4.78, 5) is 17.2. The third-order valence-electron chi connectivity index (χ3n) is 6.09. The molecule has 3 rings (SSSR count). The predicted molar refractivity (Wildman–Crippen MR) is 126 cm³/mol. The minimum Gasteiger partial charge on any atom is -0.493 e. The minimum atomic E-state index is -0.233. The van der Waals surface area contributed by atoms with Gasteiger partial charge in [-0.1, -0.05) is 39.0 Å². The summed E-state index contributed by atoms with van der Waals surface area (Å²) in [6.07, 6.45) is 10.7. The molecule has 0 unspecified atom stereocenters. The molecule has 2 aromatic rings. The van der Waals surface area contributed by atoms with Crippen LogP contribution in [0.4, 0.5) is 0 Å². The van der Waals surface area contributed by atoms with Crippen LogP contribution in [0.15, 0.2) is 35.5 Å². The second-order valence-corrected chi connectivity index (χ2v) is 8.72. The molecule has 0 N–H and O–H groups in total. The molecule has 4 nitrogen and oxygen atoms in total. The number of pyridine rings is 1. The first-order valence-corrected chi connectivity index (χ1v) is 12.3. The Morgan fingerprint density at radius 1 is 1.19 bits per heavy atom. The van der Waals surface area contributed by atoms with E-state index in [4.69, 9.17) is 9.47 Å². The van der Waals surface area contributed by atoms with Crippen molar-refractivity contribution in [2.45, 2.75) is 69.6 Å². The first kappa shape index (κ1) is 23.2. The summed E-state index contributed by atoms with van der Waals surface area (Å²) in [5.74, 6) is 7.73. The molecule has 0 aliphatic carbocycles. The fourth-order valence-corrected chi connectivity index (χ4v) is 4.58. The molecular formula is C26H31NO3S. The normalized spacial score (nSPS) is 14.1. The molecule has 1 aromatic carbocycles. The molecule has 1 aromatic heterocycles. The maximum absolute atomic E-state index is 11.9. The summed E-state index contributed by atoms with van der Waals surface area (Å²) in [6.45, 7) is 7.32. The topological polar surface area (TPSA) is 48.4 Å². The van der Waals surface area contributed by atoms with E-state index in [0.29, 0.717) is 12.2 Å². The minimum absolute atomic E-state index is 0.148. The van der Waals surface area contributed by atoms with Gasteiger partial charge in [0.25, 0.3) is 0 Å². The zero-order valence-corrected chi connectivity index (χ0v) is 19.7. The third kappa shape index (κ3) is 5.43. The maximum Gasteiger partial charge on any atom is 0.311 e. The highest BCUT2D eigenvalue weighted by Gasteiger charge is 2.35. The Bertz CT molecular complexity index is 986. The average Bonchev–Trinajstić information content (AvgIpc) is 2.80. The summed E-state index contributed by atoms with van der Waals surface area (Å²) in [7, 11) is 0. The van der Waals surface area contributed by atoms with Gasteiger partial charge < -0.3 is 9.47 Å². The Kier molecular flexibility index (Phi) is 8.03. The number of carbonyl (C=O) groups is 1. The van der Waals surface area contributed by atoms with Gasteiger partial charge in [-0.15, -0.1) is 11.8 Å². The van der Waals surface area contributed by atoms with Crippen molar-refractivity contribution < 1.29 is 14.3 Å². The van der Waals surface area contributed by atoms with Crippen LogP contribution in [-0.2, 0) is 10.2 Å².